The fourth-order valence-corrected chi connectivity index (χ4v) is 2.81. The van der Waals surface area contributed by atoms with Crippen LogP contribution in [0.3, 0.4) is 0 Å². The number of benzene rings is 1. The summed E-state index contributed by atoms with van der Waals surface area (Å²) >= 11 is 0. The van der Waals surface area contributed by atoms with E-state index in [1.807, 2.05) is 16.9 Å². The monoisotopic (exact) mass is 309 g/mol. The highest BCUT2D eigenvalue weighted by Crippen LogP contribution is 2.30. The van der Waals surface area contributed by atoms with E-state index in [0.29, 0.717) is 18.3 Å². The molecular formula is C16H18F3N3. The van der Waals surface area contributed by atoms with E-state index in [1.54, 1.807) is 0 Å². The second-order valence-corrected chi connectivity index (χ2v) is 5.65. The van der Waals surface area contributed by atoms with E-state index in [-0.39, 0.29) is 0 Å². The lowest BCUT2D eigenvalue weighted by Gasteiger charge is -2.10. The number of hydrogen-bond acceptors (Lipinski definition) is 2. The minimum absolute atomic E-state index is 0.500. The lowest BCUT2D eigenvalue weighted by Crippen LogP contribution is -2.07. The lowest BCUT2D eigenvalue weighted by atomic mass is 10.2. The molecule has 0 unspecified atom stereocenters. The Hall–Kier alpha value is -1.98. The number of hydrogen-bond donors (Lipinski definition) is 1. The smallest absolute Gasteiger partial charge is 0.379 e. The fraction of sp³-hybridized carbons (Fsp3) is 0.438. The van der Waals surface area contributed by atoms with Crippen LogP contribution in [0.1, 0.15) is 43.0 Å². The summed E-state index contributed by atoms with van der Waals surface area (Å²) in [5, 5.41) is 7.64. The van der Waals surface area contributed by atoms with Crippen molar-refractivity contribution < 1.29 is 13.2 Å². The lowest BCUT2D eigenvalue weighted by molar-refractivity contribution is -0.137. The average Bonchev–Trinajstić information content (AvgIpc) is 3.15. The van der Waals surface area contributed by atoms with Crippen molar-refractivity contribution in [3.8, 4) is 0 Å². The van der Waals surface area contributed by atoms with E-state index in [9.17, 15) is 13.2 Å². The van der Waals surface area contributed by atoms with Crippen LogP contribution in [0.2, 0.25) is 0 Å². The zero-order valence-corrected chi connectivity index (χ0v) is 12.1. The zero-order chi connectivity index (χ0) is 15.6. The fourth-order valence-electron chi connectivity index (χ4n) is 2.81. The molecule has 22 heavy (non-hydrogen) atoms. The summed E-state index contributed by atoms with van der Waals surface area (Å²) in [4.78, 5) is 0. The Kier molecular flexibility index (Phi) is 4.09. The normalized spacial score (nSPS) is 16.1. The molecule has 0 saturated heterocycles. The van der Waals surface area contributed by atoms with Gasteiger partial charge in [-0.25, -0.2) is 0 Å². The Bertz CT molecular complexity index is 610. The van der Waals surface area contributed by atoms with E-state index in [4.69, 9.17) is 0 Å². The van der Waals surface area contributed by atoms with Crippen molar-refractivity contribution in [2.24, 2.45) is 0 Å². The van der Waals surface area contributed by atoms with Crippen molar-refractivity contribution >= 4 is 5.69 Å². The summed E-state index contributed by atoms with van der Waals surface area (Å²) in [6.45, 7) is 0.505. The van der Waals surface area contributed by atoms with Crippen LogP contribution < -0.4 is 5.32 Å². The van der Waals surface area contributed by atoms with Crippen LogP contribution >= 0.6 is 0 Å². The molecule has 1 aromatic heterocycles. The van der Waals surface area contributed by atoms with Crippen LogP contribution in [-0.2, 0) is 12.7 Å². The highest BCUT2D eigenvalue weighted by atomic mass is 19.4. The van der Waals surface area contributed by atoms with Gasteiger partial charge in [-0.1, -0.05) is 12.8 Å². The molecule has 3 nitrogen and oxygen atoms in total. The SMILES string of the molecule is FC(F)(F)c1ccc(NCc2ccn(C3CCCC3)n2)cc1. The Morgan fingerprint density at radius 3 is 2.41 bits per heavy atom. The molecule has 1 aromatic carbocycles. The molecule has 0 spiro atoms. The van der Waals surface area contributed by atoms with Crippen molar-refractivity contribution in [3.05, 3.63) is 47.8 Å². The first-order chi connectivity index (χ1) is 10.5. The Balaban J connectivity index is 1.58. The summed E-state index contributed by atoms with van der Waals surface area (Å²) in [6.07, 6.45) is 2.55. The molecule has 1 N–H and O–H groups in total. The predicted octanol–water partition coefficient (Wildman–Crippen LogP) is 4.63. The van der Waals surface area contributed by atoms with Crippen LogP contribution in [0.4, 0.5) is 18.9 Å². The van der Waals surface area contributed by atoms with E-state index in [0.717, 1.165) is 17.8 Å². The molecule has 0 aliphatic heterocycles. The number of anilines is 1. The van der Waals surface area contributed by atoms with Gasteiger partial charge in [-0.2, -0.15) is 18.3 Å². The molecule has 6 heteroatoms. The van der Waals surface area contributed by atoms with E-state index >= 15 is 0 Å². The van der Waals surface area contributed by atoms with Gasteiger partial charge in [0.2, 0.25) is 0 Å². The van der Waals surface area contributed by atoms with Gasteiger partial charge in [0.1, 0.15) is 0 Å². The van der Waals surface area contributed by atoms with E-state index < -0.39 is 11.7 Å². The summed E-state index contributed by atoms with van der Waals surface area (Å²) < 4.78 is 39.5. The maximum Gasteiger partial charge on any atom is 0.416 e. The third kappa shape index (κ3) is 3.43. The average molecular weight is 309 g/mol. The van der Waals surface area contributed by atoms with Crippen LogP contribution in [0.15, 0.2) is 36.5 Å². The quantitative estimate of drug-likeness (QED) is 0.892. The molecule has 118 valence electrons. The predicted molar refractivity (Wildman–Crippen MR) is 78.5 cm³/mol. The maximum absolute atomic E-state index is 12.5. The molecule has 2 aromatic rings. The maximum atomic E-state index is 12.5. The molecule has 1 heterocycles. The van der Waals surface area contributed by atoms with Gasteiger partial charge in [0, 0.05) is 11.9 Å². The van der Waals surface area contributed by atoms with Gasteiger partial charge in [-0.3, -0.25) is 4.68 Å². The number of halogens is 3. The molecule has 0 atom stereocenters. The Morgan fingerprint density at radius 1 is 1.09 bits per heavy atom. The molecule has 1 aliphatic carbocycles. The molecule has 0 bridgehead atoms. The standard InChI is InChI=1S/C16H18F3N3/c17-16(18,19)12-5-7-13(8-6-12)20-11-14-9-10-22(21-14)15-3-1-2-4-15/h5-10,15,20H,1-4,11H2. The highest BCUT2D eigenvalue weighted by molar-refractivity contribution is 5.45. The summed E-state index contributed by atoms with van der Waals surface area (Å²) in [5.41, 5.74) is 0.916. The van der Waals surface area contributed by atoms with Crippen molar-refractivity contribution in [3.63, 3.8) is 0 Å². The van der Waals surface area contributed by atoms with Crippen LogP contribution in [-0.4, -0.2) is 9.78 Å². The summed E-state index contributed by atoms with van der Waals surface area (Å²) in [7, 11) is 0. The van der Waals surface area contributed by atoms with Crippen molar-refractivity contribution in [2.75, 3.05) is 5.32 Å². The van der Waals surface area contributed by atoms with Crippen LogP contribution in [0.25, 0.3) is 0 Å². The first kappa shape index (κ1) is 14.9. The molecule has 0 radical (unpaired) electrons. The number of nitrogens with zero attached hydrogens (tertiary/aromatic N) is 2. The van der Waals surface area contributed by atoms with E-state index in [2.05, 4.69) is 10.4 Å². The molecule has 1 aliphatic rings. The second kappa shape index (κ2) is 6.02. The van der Waals surface area contributed by atoms with Crippen molar-refractivity contribution in [1.29, 1.82) is 0 Å². The number of aromatic nitrogens is 2. The number of rotatable bonds is 4. The first-order valence-electron chi connectivity index (χ1n) is 7.47. The molecule has 1 fully saturated rings. The first-order valence-corrected chi connectivity index (χ1v) is 7.47. The van der Waals surface area contributed by atoms with Gasteiger partial charge in [-0.15, -0.1) is 0 Å². The molecule has 3 rings (SSSR count). The number of alkyl halides is 3. The van der Waals surface area contributed by atoms with Gasteiger partial charge in [0.25, 0.3) is 0 Å². The van der Waals surface area contributed by atoms with Gasteiger partial charge in [-0.05, 0) is 43.2 Å². The summed E-state index contributed by atoms with van der Waals surface area (Å²) in [6, 6.07) is 7.50. The Morgan fingerprint density at radius 2 is 1.77 bits per heavy atom. The number of nitrogens with one attached hydrogen (secondary N) is 1. The topological polar surface area (TPSA) is 29.9 Å². The van der Waals surface area contributed by atoms with Crippen LogP contribution in [0, 0.1) is 0 Å². The molecule has 1 saturated carbocycles. The highest BCUT2D eigenvalue weighted by Gasteiger charge is 2.29. The molecular weight excluding hydrogens is 291 g/mol. The van der Waals surface area contributed by atoms with E-state index in [1.165, 1.54) is 37.8 Å². The van der Waals surface area contributed by atoms with Gasteiger partial charge < -0.3 is 5.32 Å². The van der Waals surface area contributed by atoms with Gasteiger partial charge in [0.05, 0.1) is 23.8 Å². The minimum Gasteiger partial charge on any atom is -0.379 e. The van der Waals surface area contributed by atoms with Crippen molar-refractivity contribution in [1.82, 2.24) is 9.78 Å². The van der Waals surface area contributed by atoms with Crippen LogP contribution in [0.5, 0.6) is 0 Å². The second-order valence-electron chi connectivity index (χ2n) is 5.65. The zero-order valence-electron chi connectivity index (χ0n) is 12.1. The largest absolute Gasteiger partial charge is 0.416 e. The Labute approximate surface area is 127 Å². The summed E-state index contributed by atoms with van der Waals surface area (Å²) in [5.74, 6) is 0. The third-order valence-electron chi connectivity index (χ3n) is 4.05. The minimum atomic E-state index is -4.29. The molecule has 0 amide bonds. The van der Waals surface area contributed by atoms with Gasteiger partial charge >= 0.3 is 6.18 Å². The van der Waals surface area contributed by atoms with Crippen molar-refractivity contribution in [2.45, 2.75) is 44.4 Å². The third-order valence-corrected chi connectivity index (χ3v) is 4.05. The van der Waals surface area contributed by atoms with Gasteiger partial charge in [0.15, 0.2) is 0 Å².